The Morgan fingerprint density at radius 3 is 3.00 bits per heavy atom. The predicted molar refractivity (Wildman–Crippen MR) is 64.9 cm³/mol. The van der Waals surface area contributed by atoms with Gasteiger partial charge in [0.1, 0.15) is 5.76 Å². The van der Waals surface area contributed by atoms with Gasteiger partial charge in [-0.25, -0.2) is 0 Å². The molecule has 0 bridgehead atoms. The van der Waals surface area contributed by atoms with Crippen LogP contribution in [-0.2, 0) is 4.74 Å². The number of amidine groups is 1. The molecule has 2 aliphatic rings. The van der Waals surface area contributed by atoms with E-state index in [0.29, 0.717) is 12.8 Å². The third-order valence-electron chi connectivity index (χ3n) is 3.34. The van der Waals surface area contributed by atoms with Crippen molar-refractivity contribution >= 4 is 5.84 Å². The molecule has 0 aliphatic carbocycles. The zero-order valence-corrected chi connectivity index (χ0v) is 10.2. The Morgan fingerprint density at radius 1 is 1.50 bits per heavy atom. The molecule has 16 heavy (non-hydrogen) atoms. The van der Waals surface area contributed by atoms with E-state index in [0.717, 1.165) is 30.9 Å². The Hall–Kier alpha value is -1.19. The summed E-state index contributed by atoms with van der Waals surface area (Å²) in [5.41, 5.74) is 7.14. The maximum Gasteiger partial charge on any atom is 0.160 e. The van der Waals surface area contributed by atoms with Crippen LogP contribution in [0.25, 0.3) is 0 Å². The molecular weight excluding hydrogens is 202 g/mol. The van der Waals surface area contributed by atoms with Crippen LogP contribution < -0.4 is 5.73 Å². The minimum atomic E-state index is 0.344. The number of aliphatic imine (C=N–C) groups is 1. The van der Waals surface area contributed by atoms with Gasteiger partial charge in [-0.15, -0.1) is 0 Å². The highest BCUT2D eigenvalue weighted by Crippen LogP contribution is 2.26. The summed E-state index contributed by atoms with van der Waals surface area (Å²) in [6.07, 6.45) is 5.47. The second-order valence-electron chi connectivity index (χ2n) is 4.70. The topological polar surface area (TPSA) is 50.8 Å². The van der Waals surface area contributed by atoms with E-state index in [4.69, 9.17) is 10.5 Å². The van der Waals surface area contributed by atoms with Crippen LogP contribution in [0.1, 0.15) is 39.0 Å². The Labute approximate surface area is 97.2 Å². The molecule has 2 N–H and O–H groups in total. The monoisotopic (exact) mass is 223 g/mol. The number of rotatable bonds is 2. The third kappa shape index (κ3) is 2.49. The first-order valence-electron chi connectivity index (χ1n) is 6.02. The number of ether oxygens (including phenoxy) is 1. The van der Waals surface area contributed by atoms with Gasteiger partial charge in [0.15, 0.2) is 6.73 Å². The molecule has 0 saturated heterocycles. The number of nitrogens with zero attached hydrogens (tertiary/aromatic N) is 2. The first-order valence-corrected chi connectivity index (χ1v) is 6.02. The van der Waals surface area contributed by atoms with Gasteiger partial charge in [0, 0.05) is 19.9 Å². The van der Waals surface area contributed by atoms with Crippen LogP contribution in [-0.4, -0.2) is 30.6 Å². The number of allylic oxidation sites excluding steroid dienone is 1. The zero-order chi connectivity index (χ0) is 11.5. The molecule has 90 valence electrons. The van der Waals surface area contributed by atoms with Crippen molar-refractivity contribution in [2.24, 2.45) is 10.7 Å². The average Bonchev–Trinajstić information content (AvgIpc) is 2.47. The van der Waals surface area contributed by atoms with Crippen molar-refractivity contribution in [2.45, 2.75) is 45.1 Å². The molecule has 4 nitrogen and oxygen atoms in total. The highest BCUT2D eigenvalue weighted by molar-refractivity contribution is 5.80. The van der Waals surface area contributed by atoms with E-state index in [9.17, 15) is 0 Å². The molecular formula is C12H21N3O. The average molecular weight is 223 g/mol. The summed E-state index contributed by atoms with van der Waals surface area (Å²) in [5, 5.41) is 0. The molecule has 2 rings (SSSR count). The van der Waals surface area contributed by atoms with Gasteiger partial charge in [0.05, 0.1) is 17.6 Å². The molecule has 1 unspecified atom stereocenters. The van der Waals surface area contributed by atoms with Crippen molar-refractivity contribution in [3.05, 3.63) is 11.5 Å². The molecule has 0 aromatic carbocycles. The van der Waals surface area contributed by atoms with Gasteiger partial charge in [-0.05, 0) is 19.8 Å². The minimum Gasteiger partial charge on any atom is -0.476 e. The molecule has 2 heterocycles. The molecule has 2 aliphatic heterocycles. The summed E-state index contributed by atoms with van der Waals surface area (Å²) in [7, 11) is 2.07. The minimum absolute atomic E-state index is 0.344. The van der Waals surface area contributed by atoms with Crippen LogP contribution in [0.4, 0.5) is 0 Å². The van der Waals surface area contributed by atoms with Gasteiger partial charge in [-0.3, -0.25) is 4.99 Å². The number of hydrogen-bond donors (Lipinski definition) is 1. The normalized spacial score (nSPS) is 26.5. The molecule has 4 heteroatoms. The molecule has 0 saturated carbocycles. The number of nitrogens with two attached hydrogens (primary N) is 1. The third-order valence-corrected chi connectivity index (χ3v) is 3.34. The van der Waals surface area contributed by atoms with E-state index in [1.165, 1.54) is 18.5 Å². The van der Waals surface area contributed by atoms with Crippen LogP contribution in [0.5, 0.6) is 0 Å². The van der Waals surface area contributed by atoms with Crippen LogP contribution in [0.3, 0.4) is 0 Å². The van der Waals surface area contributed by atoms with Crippen molar-refractivity contribution in [1.82, 2.24) is 4.90 Å². The second kappa shape index (κ2) is 4.76. The SMILES string of the molecule is CC1=C(CC2CCCCC(N)=N2)N(C)CO1. The molecule has 0 radical (unpaired) electrons. The summed E-state index contributed by atoms with van der Waals surface area (Å²) in [5.74, 6) is 1.86. The fourth-order valence-electron chi connectivity index (χ4n) is 2.34. The Balaban J connectivity index is 2.03. The van der Waals surface area contributed by atoms with E-state index in [-0.39, 0.29) is 0 Å². The molecule has 0 aromatic rings. The quantitative estimate of drug-likeness (QED) is 0.777. The van der Waals surface area contributed by atoms with Crippen LogP contribution in [0.15, 0.2) is 16.4 Å². The first kappa shape index (κ1) is 11.3. The number of hydrogen-bond acceptors (Lipinski definition) is 4. The maximum atomic E-state index is 5.86. The molecule has 1 atom stereocenters. The van der Waals surface area contributed by atoms with Crippen LogP contribution in [0, 0.1) is 0 Å². The van der Waals surface area contributed by atoms with Crippen LogP contribution >= 0.6 is 0 Å². The molecule has 0 aromatic heterocycles. The predicted octanol–water partition coefficient (Wildman–Crippen LogP) is 1.83. The maximum absolute atomic E-state index is 5.86. The molecule has 0 fully saturated rings. The van der Waals surface area contributed by atoms with E-state index in [2.05, 4.69) is 16.9 Å². The molecule has 0 amide bonds. The standard InChI is InChI=1S/C12H21N3O/c1-9-11(15(2)8-16-9)7-10-5-3-4-6-12(13)14-10/h10H,3-8H2,1-2H3,(H2,13,14). The molecule has 0 spiro atoms. The summed E-state index contributed by atoms with van der Waals surface area (Å²) in [4.78, 5) is 6.75. The smallest absolute Gasteiger partial charge is 0.160 e. The van der Waals surface area contributed by atoms with Crippen molar-refractivity contribution in [3.63, 3.8) is 0 Å². The van der Waals surface area contributed by atoms with E-state index in [1.54, 1.807) is 0 Å². The van der Waals surface area contributed by atoms with Gasteiger partial charge < -0.3 is 15.4 Å². The fraction of sp³-hybridized carbons (Fsp3) is 0.750. The summed E-state index contributed by atoms with van der Waals surface area (Å²) in [6.45, 7) is 2.70. The summed E-state index contributed by atoms with van der Waals surface area (Å²) < 4.78 is 5.50. The van der Waals surface area contributed by atoms with E-state index < -0.39 is 0 Å². The lowest BCUT2D eigenvalue weighted by Gasteiger charge is -2.17. The van der Waals surface area contributed by atoms with Crippen molar-refractivity contribution < 1.29 is 4.74 Å². The van der Waals surface area contributed by atoms with Gasteiger partial charge in [0.2, 0.25) is 0 Å². The van der Waals surface area contributed by atoms with Crippen LogP contribution in [0.2, 0.25) is 0 Å². The summed E-state index contributed by atoms with van der Waals surface area (Å²) in [6, 6.07) is 0.344. The highest BCUT2D eigenvalue weighted by atomic mass is 16.5. The first-order chi connectivity index (χ1) is 7.66. The Kier molecular flexibility index (Phi) is 3.36. The lowest BCUT2D eigenvalue weighted by molar-refractivity contribution is 0.167. The Bertz CT molecular complexity index is 322. The lowest BCUT2D eigenvalue weighted by Crippen LogP contribution is -2.19. The van der Waals surface area contributed by atoms with Gasteiger partial charge >= 0.3 is 0 Å². The van der Waals surface area contributed by atoms with Gasteiger partial charge in [-0.2, -0.15) is 0 Å². The lowest BCUT2D eigenvalue weighted by atomic mass is 10.0. The van der Waals surface area contributed by atoms with E-state index >= 15 is 0 Å². The second-order valence-corrected chi connectivity index (χ2v) is 4.70. The van der Waals surface area contributed by atoms with Gasteiger partial charge in [0.25, 0.3) is 0 Å². The van der Waals surface area contributed by atoms with Gasteiger partial charge in [-0.1, -0.05) is 6.42 Å². The van der Waals surface area contributed by atoms with E-state index in [1.807, 2.05) is 6.92 Å². The largest absolute Gasteiger partial charge is 0.476 e. The highest BCUT2D eigenvalue weighted by Gasteiger charge is 2.22. The van der Waals surface area contributed by atoms with Crippen molar-refractivity contribution in [1.29, 1.82) is 0 Å². The zero-order valence-electron chi connectivity index (χ0n) is 10.2. The Morgan fingerprint density at radius 2 is 2.31 bits per heavy atom. The van der Waals surface area contributed by atoms with Crippen molar-refractivity contribution in [2.75, 3.05) is 13.8 Å². The fourth-order valence-corrected chi connectivity index (χ4v) is 2.34. The van der Waals surface area contributed by atoms with Crippen molar-refractivity contribution in [3.8, 4) is 0 Å². The summed E-state index contributed by atoms with van der Waals surface area (Å²) >= 11 is 0.